The van der Waals surface area contributed by atoms with Crippen LogP contribution in [0.2, 0.25) is 0 Å². The van der Waals surface area contributed by atoms with Crippen molar-refractivity contribution >= 4 is 29.7 Å². The standard InChI is InChI=1S/C22H28N2OS.ClH/c1-15-9-10-26-22(15)20(13-16-5-3-2-4-6-16)24-21(25)14-17-11-18-7-8-19(12-17)23-18;/h2-6,9-10,17-20,23H,7-8,11-14H2,1H3,(H,24,25);1H. The van der Waals surface area contributed by atoms with Gasteiger partial charge in [-0.3, -0.25) is 4.79 Å². The summed E-state index contributed by atoms with van der Waals surface area (Å²) in [5, 5.41) is 9.15. The largest absolute Gasteiger partial charge is 0.348 e. The van der Waals surface area contributed by atoms with Crippen molar-refractivity contribution in [1.29, 1.82) is 0 Å². The van der Waals surface area contributed by atoms with Gasteiger partial charge in [-0.05, 0) is 67.5 Å². The lowest BCUT2D eigenvalue weighted by Crippen LogP contribution is -2.40. The minimum absolute atomic E-state index is 0. The monoisotopic (exact) mass is 404 g/mol. The van der Waals surface area contributed by atoms with E-state index >= 15 is 0 Å². The molecular weight excluding hydrogens is 376 g/mol. The number of aryl methyl sites for hydroxylation is 1. The third-order valence-corrected chi connectivity index (χ3v) is 7.01. The summed E-state index contributed by atoms with van der Waals surface area (Å²) in [6.07, 6.45) is 6.41. The number of hydrogen-bond donors (Lipinski definition) is 2. The van der Waals surface area contributed by atoms with Crippen molar-refractivity contribution in [2.75, 3.05) is 0 Å². The van der Waals surface area contributed by atoms with E-state index in [1.807, 2.05) is 6.07 Å². The normalized spacial score (nSPS) is 24.9. The summed E-state index contributed by atoms with van der Waals surface area (Å²) in [5.74, 6) is 0.751. The zero-order chi connectivity index (χ0) is 17.9. The van der Waals surface area contributed by atoms with Crippen molar-refractivity contribution in [2.24, 2.45) is 5.92 Å². The van der Waals surface area contributed by atoms with E-state index in [2.05, 4.69) is 53.3 Å². The first-order valence-electron chi connectivity index (χ1n) is 9.80. The lowest BCUT2D eigenvalue weighted by atomic mass is 9.89. The first-order chi connectivity index (χ1) is 12.7. The van der Waals surface area contributed by atoms with Crippen molar-refractivity contribution in [1.82, 2.24) is 10.6 Å². The van der Waals surface area contributed by atoms with Crippen LogP contribution in [0.25, 0.3) is 0 Å². The number of thiophene rings is 1. The van der Waals surface area contributed by atoms with Gasteiger partial charge in [0.1, 0.15) is 0 Å². The molecule has 2 aliphatic rings. The van der Waals surface area contributed by atoms with Crippen molar-refractivity contribution in [3.63, 3.8) is 0 Å². The highest BCUT2D eigenvalue weighted by Crippen LogP contribution is 2.33. The number of benzene rings is 1. The van der Waals surface area contributed by atoms with Crippen molar-refractivity contribution in [3.05, 3.63) is 57.8 Å². The fraction of sp³-hybridized carbons (Fsp3) is 0.500. The van der Waals surface area contributed by atoms with Crippen LogP contribution in [-0.2, 0) is 11.2 Å². The molecule has 2 aliphatic heterocycles. The summed E-state index contributed by atoms with van der Waals surface area (Å²) >= 11 is 1.75. The molecule has 3 unspecified atom stereocenters. The van der Waals surface area contributed by atoms with Gasteiger partial charge in [0, 0.05) is 23.4 Å². The predicted molar refractivity (Wildman–Crippen MR) is 115 cm³/mol. The van der Waals surface area contributed by atoms with Crippen molar-refractivity contribution in [2.45, 2.75) is 63.6 Å². The Morgan fingerprint density at radius 2 is 1.89 bits per heavy atom. The lowest BCUT2D eigenvalue weighted by Gasteiger charge is -2.29. The van der Waals surface area contributed by atoms with Crippen LogP contribution in [0.3, 0.4) is 0 Å². The molecule has 27 heavy (non-hydrogen) atoms. The third-order valence-electron chi connectivity index (χ3n) is 5.88. The van der Waals surface area contributed by atoms with E-state index in [-0.39, 0.29) is 24.4 Å². The van der Waals surface area contributed by atoms with Crippen LogP contribution in [0.1, 0.15) is 54.1 Å². The highest BCUT2D eigenvalue weighted by atomic mass is 35.5. The zero-order valence-electron chi connectivity index (χ0n) is 15.8. The molecule has 5 heteroatoms. The van der Waals surface area contributed by atoms with Crippen LogP contribution in [-0.4, -0.2) is 18.0 Å². The van der Waals surface area contributed by atoms with Gasteiger partial charge in [-0.25, -0.2) is 0 Å². The van der Waals surface area contributed by atoms with E-state index in [0.29, 0.717) is 24.4 Å². The molecule has 1 aromatic heterocycles. The number of fused-ring (bicyclic) bond motifs is 2. The molecule has 146 valence electrons. The van der Waals surface area contributed by atoms with Crippen LogP contribution < -0.4 is 10.6 Å². The molecule has 3 nitrogen and oxygen atoms in total. The summed E-state index contributed by atoms with van der Waals surface area (Å²) in [5.41, 5.74) is 2.54. The Bertz CT molecular complexity index is 736. The van der Waals surface area contributed by atoms with Gasteiger partial charge in [-0.1, -0.05) is 30.3 Å². The van der Waals surface area contributed by atoms with Crippen LogP contribution in [0.4, 0.5) is 0 Å². The number of piperidine rings is 1. The molecule has 2 bridgehead atoms. The van der Waals surface area contributed by atoms with Gasteiger partial charge in [0.25, 0.3) is 0 Å². The van der Waals surface area contributed by atoms with Crippen LogP contribution in [0, 0.1) is 12.8 Å². The number of carbonyl (C=O) groups is 1. The zero-order valence-corrected chi connectivity index (χ0v) is 17.5. The number of nitrogens with one attached hydrogen (secondary N) is 2. The minimum Gasteiger partial charge on any atom is -0.348 e. The van der Waals surface area contributed by atoms with E-state index in [1.54, 1.807) is 11.3 Å². The summed E-state index contributed by atoms with van der Waals surface area (Å²) < 4.78 is 0. The smallest absolute Gasteiger partial charge is 0.220 e. The van der Waals surface area contributed by atoms with Gasteiger partial charge in [-0.15, -0.1) is 23.7 Å². The Morgan fingerprint density at radius 1 is 1.19 bits per heavy atom. The van der Waals surface area contributed by atoms with Crippen molar-refractivity contribution in [3.8, 4) is 0 Å². The van der Waals surface area contributed by atoms with E-state index in [0.717, 1.165) is 19.3 Å². The molecule has 4 rings (SSSR count). The van der Waals surface area contributed by atoms with E-state index < -0.39 is 0 Å². The molecule has 2 fully saturated rings. The second kappa shape index (κ2) is 9.22. The van der Waals surface area contributed by atoms with Crippen molar-refractivity contribution < 1.29 is 4.79 Å². The van der Waals surface area contributed by atoms with E-state index in [4.69, 9.17) is 0 Å². The van der Waals surface area contributed by atoms with E-state index in [9.17, 15) is 4.79 Å². The van der Waals surface area contributed by atoms with Gasteiger partial charge in [0.2, 0.25) is 5.91 Å². The minimum atomic E-state index is 0. The van der Waals surface area contributed by atoms with Crippen LogP contribution >= 0.6 is 23.7 Å². The number of hydrogen-bond acceptors (Lipinski definition) is 3. The van der Waals surface area contributed by atoms with Gasteiger partial charge in [0.05, 0.1) is 6.04 Å². The quantitative estimate of drug-likeness (QED) is 0.726. The molecule has 0 spiro atoms. The molecule has 3 atom stereocenters. The average Bonchev–Trinajstić information content (AvgIpc) is 3.20. The molecule has 2 N–H and O–H groups in total. The van der Waals surface area contributed by atoms with Gasteiger partial charge in [0.15, 0.2) is 0 Å². The molecule has 0 saturated carbocycles. The Kier molecular flexibility index (Phi) is 6.96. The molecule has 1 aromatic carbocycles. The highest BCUT2D eigenvalue weighted by Gasteiger charge is 2.34. The molecular formula is C22H29ClN2OS. The fourth-order valence-corrected chi connectivity index (χ4v) is 5.64. The second-order valence-electron chi connectivity index (χ2n) is 7.96. The predicted octanol–water partition coefficient (Wildman–Crippen LogP) is 4.80. The molecule has 3 heterocycles. The SMILES string of the molecule is Cc1ccsc1C(Cc1ccccc1)NC(=O)CC1CC2CCC(C1)N2.Cl. The highest BCUT2D eigenvalue weighted by molar-refractivity contribution is 7.10. The number of amides is 1. The number of carbonyl (C=O) groups excluding carboxylic acids is 1. The average molecular weight is 405 g/mol. The topological polar surface area (TPSA) is 41.1 Å². The van der Waals surface area contributed by atoms with E-state index in [1.165, 1.54) is 28.8 Å². The molecule has 1 amide bonds. The van der Waals surface area contributed by atoms with Crippen LogP contribution in [0.15, 0.2) is 41.8 Å². The second-order valence-corrected chi connectivity index (χ2v) is 8.90. The fourth-order valence-electron chi connectivity index (χ4n) is 4.66. The van der Waals surface area contributed by atoms with Gasteiger partial charge in [-0.2, -0.15) is 0 Å². The summed E-state index contributed by atoms with van der Waals surface area (Å²) in [6, 6.07) is 14.0. The molecule has 2 aromatic rings. The molecule has 0 radical (unpaired) electrons. The van der Waals surface area contributed by atoms with Gasteiger partial charge >= 0.3 is 0 Å². The maximum atomic E-state index is 12.8. The van der Waals surface area contributed by atoms with Gasteiger partial charge < -0.3 is 10.6 Å². The first kappa shape index (κ1) is 20.4. The number of rotatable bonds is 6. The Hall–Kier alpha value is -1.36. The van der Waals surface area contributed by atoms with Crippen LogP contribution in [0.5, 0.6) is 0 Å². The maximum absolute atomic E-state index is 12.8. The molecule has 2 saturated heterocycles. The summed E-state index contributed by atoms with van der Waals surface area (Å²) in [4.78, 5) is 14.1. The Labute approximate surface area is 172 Å². The lowest BCUT2D eigenvalue weighted by molar-refractivity contribution is -0.123. The maximum Gasteiger partial charge on any atom is 0.220 e. The summed E-state index contributed by atoms with van der Waals surface area (Å²) in [7, 11) is 0. The third kappa shape index (κ3) is 5.13. The first-order valence-corrected chi connectivity index (χ1v) is 10.7. The Balaban J connectivity index is 0.00000210. The molecule has 0 aliphatic carbocycles. The summed E-state index contributed by atoms with van der Waals surface area (Å²) in [6.45, 7) is 2.14. The number of halogens is 1. The Morgan fingerprint density at radius 3 is 2.52 bits per heavy atom.